The van der Waals surface area contributed by atoms with E-state index in [0.717, 1.165) is 5.56 Å². The van der Waals surface area contributed by atoms with Crippen molar-refractivity contribution in [2.45, 2.75) is 44.0 Å². The molecule has 166 valence electrons. The van der Waals surface area contributed by atoms with Gasteiger partial charge in [0.25, 0.3) is 5.91 Å². The average Bonchev–Trinajstić information content (AvgIpc) is 2.77. The van der Waals surface area contributed by atoms with E-state index in [4.69, 9.17) is 22.1 Å². The molecule has 0 radical (unpaired) electrons. The van der Waals surface area contributed by atoms with Crippen LogP contribution in [-0.2, 0) is 11.3 Å². The first-order valence-electron chi connectivity index (χ1n) is 10.6. The van der Waals surface area contributed by atoms with Gasteiger partial charge in [-0.3, -0.25) is 9.69 Å². The molecule has 2 N–H and O–H groups in total. The summed E-state index contributed by atoms with van der Waals surface area (Å²) in [7, 11) is 0. The zero-order chi connectivity index (χ0) is 21.8. The minimum atomic E-state index is -1.79. The Morgan fingerprint density at radius 1 is 1.19 bits per heavy atom. The Morgan fingerprint density at radius 2 is 1.94 bits per heavy atom. The second-order valence-corrected chi connectivity index (χ2v) is 8.69. The Hall–Kier alpha value is -2.45. The molecule has 0 saturated carbocycles. The molecule has 2 aromatic rings. The Labute approximate surface area is 186 Å². The van der Waals surface area contributed by atoms with Gasteiger partial charge in [0.05, 0.1) is 5.02 Å². The van der Waals surface area contributed by atoms with Gasteiger partial charge in [-0.1, -0.05) is 11.6 Å². The number of piperidine rings is 2. The second-order valence-electron chi connectivity index (χ2n) is 8.25. The third kappa shape index (κ3) is 5.43. The number of nitrogens with zero attached hydrogens (tertiary/aromatic N) is 4. The lowest BCUT2D eigenvalue weighted by Gasteiger charge is -2.40. The van der Waals surface area contributed by atoms with Crippen LogP contribution in [-0.4, -0.2) is 63.6 Å². The number of rotatable bonds is 5. The van der Waals surface area contributed by atoms with Crippen molar-refractivity contribution in [2.75, 3.05) is 31.9 Å². The molecule has 2 aliphatic heterocycles. The maximum absolute atomic E-state index is 15.5. The van der Waals surface area contributed by atoms with Crippen LogP contribution >= 0.6 is 11.6 Å². The lowest BCUT2D eigenvalue weighted by molar-refractivity contribution is -0.149. The predicted molar refractivity (Wildman–Crippen MR) is 116 cm³/mol. The van der Waals surface area contributed by atoms with Gasteiger partial charge in [0, 0.05) is 76.9 Å². The van der Waals surface area contributed by atoms with Gasteiger partial charge in [0.15, 0.2) is 5.67 Å². The maximum Gasteiger partial charge on any atom is 0.260 e. The van der Waals surface area contributed by atoms with Crippen LogP contribution in [0, 0.1) is 0 Å². The predicted octanol–water partition coefficient (Wildman–Crippen LogP) is 3.09. The molecule has 0 unspecified atom stereocenters. The number of pyridine rings is 2. The van der Waals surface area contributed by atoms with E-state index in [9.17, 15) is 4.79 Å². The van der Waals surface area contributed by atoms with Gasteiger partial charge in [-0.25, -0.2) is 14.4 Å². The highest BCUT2D eigenvalue weighted by atomic mass is 35.5. The van der Waals surface area contributed by atoms with Crippen molar-refractivity contribution in [2.24, 2.45) is 0 Å². The van der Waals surface area contributed by atoms with Crippen molar-refractivity contribution < 1.29 is 13.9 Å². The third-order valence-corrected chi connectivity index (χ3v) is 6.22. The average molecular weight is 448 g/mol. The largest absolute Gasteiger partial charge is 0.474 e. The first-order chi connectivity index (χ1) is 14.9. The number of anilines is 1. The van der Waals surface area contributed by atoms with Crippen LogP contribution in [0.25, 0.3) is 0 Å². The number of aromatic nitrogens is 2. The number of nitrogens with two attached hydrogens (primary N) is 1. The molecule has 2 fully saturated rings. The van der Waals surface area contributed by atoms with E-state index in [2.05, 4.69) is 14.9 Å². The summed E-state index contributed by atoms with van der Waals surface area (Å²) >= 11 is 5.84. The molecule has 4 heterocycles. The summed E-state index contributed by atoms with van der Waals surface area (Å²) in [5, 5.41) is 0.553. The number of carbonyl (C=O) groups is 1. The summed E-state index contributed by atoms with van der Waals surface area (Å²) in [6.07, 6.45) is 4.90. The molecule has 0 atom stereocenters. The molecule has 2 aromatic heterocycles. The summed E-state index contributed by atoms with van der Waals surface area (Å²) < 4.78 is 21.4. The normalized spacial score (nSPS) is 19.9. The van der Waals surface area contributed by atoms with Crippen molar-refractivity contribution >= 4 is 23.3 Å². The van der Waals surface area contributed by atoms with E-state index in [1.165, 1.54) is 0 Å². The Balaban J connectivity index is 1.25. The Bertz CT molecular complexity index is 897. The van der Waals surface area contributed by atoms with Gasteiger partial charge >= 0.3 is 0 Å². The Morgan fingerprint density at radius 3 is 2.58 bits per heavy atom. The first-order valence-corrected chi connectivity index (χ1v) is 11.0. The molecule has 0 bridgehead atoms. The van der Waals surface area contributed by atoms with Crippen LogP contribution in [0.5, 0.6) is 5.88 Å². The quantitative estimate of drug-likeness (QED) is 0.758. The van der Waals surface area contributed by atoms with Gasteiger partial charge in [-0.2, -0.15) is 0 Å². The van der Waals surface area contributed by atoms with Crippen LogP contribution in [0.3, 0.4) is 0 Å². The fraction of sp³-hybridized carbons (Fsp3) is 0.500. The van der Waals surface area contributed by atoms with Crippen LogP contribution in [0.15, 0.2) is 36.7 Å². The van der Waals surface area contributed by atoms with E-state index >= 15 is 4.39 Å². The number of alkyl halides is 1. The molecule has 0 spiro atoms. The summed E-state index contributed by atoms with van der Waals surface area (Å²) in [4.78, 5) is 24.9. The number of halogens is 2. The summed E-state index contributed by atoms with van der Waals surface area (Å²) in [6, 6.07) is 7.19. The van der Waals surface area contributed by atoms with Crippen molar-refractivity contribution in [1.29, 1.82) is 0 Å². The first kappa shape index (κ1) is 21.8. The molecule has 9 heteroatoms. The summed E-state index contributed by atoms with van der Waals surface area (Å²) in [5.41, 5.74) is 4.98. The minimum absolute atomic E-state index is 0.0390. The van der Waals surface area contributed by atoms with Crippen LogP contribution < -0.4 is 10.5 Å². The molecular weight excluding hydrogens is 421 g/mol. The van der Waals surface area contributed by atoms with Gasteiger partial charge < -0.3 is 15.4 Å². The van der Waals surface area contributed by atoms with E-state index in [-0.39, 0.29) is 24.9 Å². The Kier molecular flexibility index (Phi) is 6.57. The van der Waals surface area contributed by atoms with Gasteiger partial charge in [0.1, 0.15) is 11.9 Å². The molecule has 4 rings (SSSR count). The number of carbonyl (C=O) groups excluding carboxylic acids is 1. The van der Waals surface area contributed by atoms with Crippen LogP contribution in [0.2, 0.25) is 5.02 Å². The molecule has 2 saturated heterocycles. The topological polar surface area (TPSA) is 84.6 Å². The van der Waals surface area contributed by atoms with Crippen molar-refractivity contribution in [3.05, 3.63) is 47.2 Å². The molecule has 1 amide bonds. The van der Waals surface area contributed by atoms with E-state index in [1.54, 1.807) is 29.4 Å². The lowest BCUT2D eigenvalue weighted by atomic mass is 9.90. The fourth-order valence-electron chi connectivity index (χ4n) is 4.19. The summed E-state index contributed by atoms with van der Waals surface area (Å²) in [6.45, 7) is 2.72. The fourth-order valence-corrected chi connectivity index (χ4v) is 4.31. The number of hydrogen-bond donors (Lipinski definition) is 1. The molecule has 7 nitrogen and oxygen atoms in total. The number of nitrogen functional groups attached to an aromatic ring is 1. The van der Waals surface area contributed by atoms with Gasteiger partial charge in [-0.15, -0.1) is 0 Å². The summed E-state index contributed by atoms with van der Waals surface area (Å²) in [5.74, 6) is 0.603. The number of hydrogen-bond acceptors (Lipinski definition) is 6. The van der Waals surface area contributed by atoms with Gasteiger partial charge in [-0.05, 0) is 23.8 Å². The smallest absolute Gasteiger partial charge is 0.260 e. The van der Waals surface area contributed by atoms with E-state index < -0.39 is 5.67 Å². The highest BCUT2D eigenvalue weighted by molar-refractivity contribution is 6.30. The van der Waals surface area contributed by atoms with E-state index in [0.29, 0.717) is 62.3 Å². The molecule has 31 heavy (non-hydrogen) atoms. The van der Waals surface area contributed by atoms with Crippen LogP contribution in [0.4, 0.5) is 10.2 Å². The maximum atomic E-state index is 15.5. The van der Waals surface area contributed by atoms with Crippen molar-refractivity contribution in [3.8, 4) is 5.88 Å². The molecule has 0 aliphatic carbocycles. The van der Waals surface area contributed by atoms with Gasteiger partial charge in [0.2, 0.25) is 5.88 Å². The molecule has 2 aliphatic rings. The van der Waals surface area contributed by atoms with Crippen molar-refractivity contribution in [1.82, 2.24) is 19.8 Å². The van der Waals surface area contributed by atoms with Crippen molar-refractivity contribution in [3.63, 3.8) is 0 Å². The lowest BCUT2D eigenvalue weighted by Crippen LogP contribution is -2.54. The van der Waals surface area contributed by atoms with E-state index in [1.807, 2.05) is 12.1 Å². The molecule has 0 aromatic carbocycles. The van der Waals surface area contributed by atoms with Crippen LogP contribution in [0.1, 0.15) is 31.2 Å². The zero-order valence-corrected chi connectivity index (χ0v) is 18.1. The number of likely N-dealkylation sites (tertiary alicyclic amines) is 2. The third-order valence-electron chi connectivity index (χ3n) is 6.00. The standard InChI is InChI=1S/C22H27ClFN5O2/c23-17-1-2-20(27-14-17)31-18-4-9-29(10-5-18)21(30)22(24)6-11-28(12-7-22)15-16-3-8-26-19(25)13-16/h1-3,8,13-14,18H,4-7,9-12,15H2,(H2,25,26). The number of ether oxygens (including phenoxy) is 1. The zero-order valence-electron chi connectivity index (χ0n) is 17.3. The molecular formula is C22H27ClFN5O2. The monoisotopic (exact) mass is 447 g/mol. The minimum Gasteiger partial charge on any atom is -0.474 e. The number of amides is 1. The SMILES string of the molecule is Nc1cc(CN2CCC(F)(C(=O)N3CCC(Oc4ccc(Cl)cn4)CC3)CC2)ccn1. The second kappa shape index (κ2) is 9.36. The highest BCUT2D eigenvalue weighted by Gasteiger charge is 2.44. The highest BCUT2D eigenvalue weighted by Crippen LogP contribution is 2.31.